The molecule has 0 spiro atoms. The third kappa shape index (κ3) is 3.19. The van der Waals surface area contributed by atoms with Gasteiger partial charge < -0.3 is 5.32 Å². The van der Waals surface area contributed by atoms with Gasteiger partial charge in [-0.25, -0.2) is 4.68 Å². The molecular weight excluding hydrogens is 190 g/mol. The molecule has 0 aliphatic rings. The van der Waals surface area contributed by atoms with Crippen molar-refractivity contribution in [3.63, 3.8) is 0 Å². The zero-order valence-corrected chi connectivity index (χ0v) is 8.54. The number of rotatable bonds is 5. The number of nitrogens with zero attached hydrogens (tertiary/aromatic N) is 4. The molecule has 0 amide bonds. The van der Waals surface area contributed by atoms with E-state index >= 15 is 0 Å². The lowest BCUT2D eigenvalue weighted by atomic mass is 10.6. The molecule has 0 aliphatic carbocycles. The lowest BCUT2D eigenvalue weighted by Gasteiger charge is -2.01. The molecule has 1 aromatic heterocycles. The average Bonchev–Trinajstić information content (AvgIpc) is 2.49. The third-order valence-corrected chi connectivity index (χ3v) is 2.29. The highest BCUT2D eigenvalue weighted by molar-refractivity contribution is 7.84. The van der Waals surface area contributed by atoms with Crippen molar-refractivity contribution in [1.29, 1.82) is 0 Å². The molecule has 74 valence electrons. The van der Waals surface area contributed by atoms with Gasteiger partial charge in [-0.2, -0.15) is 0 Å². The highest BCUT2D eigenvalue weighted by Gasteiger charge is 2.04. The van der Waals surface area contributed by atoms with Crippen molar-refractivity contribution >= 4 is 10.8 Å². The number of aromatic nitrogens is 4. The van der Waals surface area contributed by atoms with Gasteiger partial charge in [-0.05, 0) is 17.5 Å². The number of hydrogen-bond donors (Lipinski definition) is 1. The fraction of sp³-hybridized carbons (Fsp3) is 0.833. The van der Waals surface area contributed by atoms with E-state index in [0.29, 0.717) is 18.8 Å². The van der Waals surface area contributed by atoms with E-state index in [1.807, 2.05) is 7.05 Å². The molecule has 0 saturated carbocycles. The van der Waals surface area contributed by atoms with Crippen LogP contribution in [0.1, 0.15) is 5.82 Å². The second kappa shape index (κ2) is 5.03. The van der Waals surface area contributed by atoms with E-state index in [9.17, 15) is 4.21 Å². The minimum atomic E-state index is -0.799. The topological polar surface area (TPSA) is 72.7 Å². The van der Waals surface area contributed by atoms with E-state index < -0.39 is 10.8 Å². The molecule has 0 fully saturated rings. The zero-order valence-electron chi connectivity index (χ0n) is 7.73. The minimum absolute atomic E-state index is 0.585. The van der Waals surface area contributed by atoms with E-state index in [2.05, 4.69) is 20.8 Å². The van der Waals surface area contributed by atoms with Gasteiger partial charge in [-0.1, -0.05) is 0 Å². The first-order valence-corrected chi connectivity index (χ1v) is 5.66. The van der Waals surface area contributed by atoms with Crippen molar-refractivity contribution in [2.75, 3.05) is 19.1 Å². The Morgan fingerprint density at radius 1 is 1.62 bits per heavy atom. The van der Waals surface area contributed by atoms with E-state index in [0.717, 1.165) is 5.82 Å². The monoisotopic (exact) mass is 203 g/mol. The quantitative estimate of drug-likeness (QED) is 0.649. The van der Waals surface area contributed by atoms with Crippen LogP contribution in [-0.4, -0.2) is 43.5 Å². The molecule has 1 atom stereocenters. The minimum Gasteiger partial charge on any atom is -0.313 e. The molecule has 0 radical (unpaired) electrons. The summed E-state index contributed by atoms with van der Waals surface area (Å²) >= 11 is 0. The van der Waals surface area contributed by atoms with Crippen LogP contribution in [0.15, 0.2) is 0 Å². The lowest BCUT2D eigenvalue weighted by molar-refractivity contribution is 0.582. The molecule has 0 aromatic carbocycles. The summed E-state index contributed by atoms with van der Waals surface area (Å²) in [5.41, 5.74) is 0. The van der Waals surface area contributed by atoms with Gasteiger partial charge in [0.25, 0.3) is 0 Å². The molecular formula is C6H13N5OS. The number of tetrazole rings is 1. The van der Waals surface area contributed by atoms with Crippen LogP contribution in [0.25, 0.3) is 0 Å². The number of nitrogens with one attached hydrogen (secondary N) is 1. The van der Waals surface area contributed by atoms with Crippen LogP contribution in [0.5, 0.6) is 0 Å². The molecule has 6 nitrogen and oxygen atoms in total. The maximum absolute atomic E-state index is 10.8. The summed E-state index contributed by atoms with van der Waals surface area (Å²) in [5, 5.41) is 14.1. The van der Waals surface area contributed by atoms with Gasteiger partial charge >= 0.3 is 0 Å². The standard InChI is InChI=1S/C6H13N5OS/c1-7-5-6-8-9-10-11(6)3-4-13(2)12/h7H,3-5H2,1-2H3. The molecule has 0 aliphatic heterocycles. The maximum atomic E-state index is 10.8. The predicted octanol–water partition coefficient (Wildman–Crippen LogP) is -1.23. The second-order valence-electron chi connectivity index (χ2n) is 2.63. The summed E-state index contributed by atoms with van der Waals surface area (Å²) in [6.07, 6.45) is 1.67. The van der Waals surface area contributed by atoms with Crippen LogP contribution in [0.3, 0.4) is 0 Å². The van der Waals surface area contributed by atoms with E-state index in [1.165, 1.54) is 0 Å². The summed E-state index contributed by atoms with van der Waals surface area (Å²) < 4.78 is 12.5. The number of aryl methyl sites for hydroxylation is 1. The number of hydrogen-bond acceptors (Lipinski definition) is 5. The van der Waals surface area contributed by atoms with Crippen LogP contribution in [0.2, 0.25) is 0 Å². The first kappa shape index (κ1) is 10.3. The van der Waals surface area contributed by atoms with Crippen molar-refractivity contribution in [3.05, 3.63) is 5.82 Å². The summed E-state index contributed by atoms with van der Waals surface area (Å²) in [7, 11) is 1.03. The normalized spacial score (nSPS) is 13.1. The van der Waals surface area contributed by atoms with Crippen LogP contribution >= 0.6 is 0 Å². The Bertz CT molecular complexity index is 286. The zero-order chi connectivity index (χ0) is 9.68. The van der Waals surface area contributed by atoms with Crippen LogP contribution in [-0.2, 0) is 23.9 Å². The summed E-state index contributed by atoms with van der Waals surface area (Å²) in [4.78, 5) is 0. The molecule has 13 heavy (non-hydrogen) atoms. The first-order chi connectivity index (χ1) is 6.24. The third-order valence-electron chi connectivity index (χ3n) is 1.53. The van der Waals surface area contributed by atoms with Crippen molar-refractivity contribution in [2.24, 2.45) is 0 Å². The fourth-order valence-corrected chi connectivity index (χ4v) is 1.33. The molecule has 1 N–H and O–H groups in total. The Kier molecular flexibility index (Phi) is 3.97. The molecule has 1 rings (SSSR count). The van der Waals surface area contributed by atoms with Crippen molar-refractivity contribution in [3.8, 4) is 0 Å². The summed E-state index contributed by atoms with van der Waals surface area (Å²) in [6.45, 7) is 1.23. The van der Waals surface area contributed by atoms with Gasteiger partial charge in [0.05, 0.1) is 13.1 Å². The van der Waals surface area contributed by atoms with Gasteiger partial charge in [0, 0.05) is 22.8 Å². The summed E-state index contributed by atoms with van der Waals surface area (Å²) in [6, 6.07) is 0. The Labute approximate surface area is 79.2 Å². The summed E-state index contributed by atoms with van der Waals surface area (Å²) in [5.74, 6) is 1.36. The van der Waals surface area contributed by atoms with E-state index in [4.69, 9.17) is 0 Å². The van der Waals surface area contributed by atoms with Gasteiger partial charge in [-0.3, -0.25) is 4.21 Å². The molecule has 1 heterocycles. The van der Waals surface area contributed by atoms with Crippen molar-refractivity contribution in [2.45, 2.75) is 13.1 Å². The Morgan fingerprint density at radius 2 is 2.38 bits per heavy atom. The first-order valence-electron chi connectivity index (χ1n) is 3.93. The van der Waals surface area contributed by atoms with Crippen molar-refractivity contribution in [1.82, 2.24) is 25.5 Å². The molecule has 1 aromatic rings. The van der Waals surface area contributed by atoms with Gasteiger partial charge in [-0.15, -0.1) is 5.10 Å². The van der Waals surface area contributed by atoms with Crippen LogP contribution < -0.4 is 5.32 Å². The Hall–Kier alpha value is -0.820. The van der Waals surface area contributed by atoms with E-state index in [1.54, 1.807) is 10.9 Å². The molecule has 1 unspecified atom stereocenters. The van der Waals surface area contributed by atoms with Gasteiger partial charge in [0.15, 0.2) is 5.82 Å². The Balaban J connectivity index is 2.54. The van der Waals surface area contributed by atoms with Gasteiger partial charge in [0.1, 0.15) is 0 Å². The SMILES string of the molecule is CNCc1nnnn1CCS(C)=O. The fourth-order valence-electron chi connectivity index (χ4n) is 0.897. The largest absolute Gasteiger partial charge is 0.313 e. The molecule has 7 heteroatoms. The van der Waals surface area contributed by atoms with Crippen LogP contribution in [0, 0.1) is 0 Å². The predicted molar refractivity (Wildman–Crippen MR) is 49.5 cm³/mol. The van der Waals surface area contributed by atoms with E-state index in [-0.39, 0.29) is 0 Å². The van der Waals surface area contributed by atoms with Crippen LogP contribution in [0.4, 0.5) is 0 Å². The molecule has 0 saturated heterocycles. The highest BCUT2D eigenvalue weighted by atomic mass is 32.2. The Morgan fingerprint density at radius 3 is 3.00 bits per heavy atom. The smallest absolute Gasteiger partial charge is 0.165 e. The lowest BCUT2D eigenvalue weighted by Crippen LogP contribution is -2.16. The average molecular weight is 203 g/mol. The molecule has 0 bridgehead atoms. The highest BCUT2D eigenvalue weighted by Crippen LogP contribution is 1.91. The maximum Gasteiger partial charge on any atom is 0.165 e. The van der Waals surface area contributed by atoms with Crippen molar-refractivity contribution < 1.29 is 4.21 Å². The second-order valence-corrected chi connectivity index (χ2v) is 4.18. The van der Waals surface area contributed by atoms with Gasteiger partial charge in [0.2, 0.25) is 0 Å².